The summed E-state index contributed by atoms with van der Waals surface area (Å²) in [6.07, 6.45) is 0.434. The third-order valence-electron chi connectivity index (χ3n) is 5.56. The molecule has 0 saturated carbocycles. The van der Waals surface area contributed by atoms with Crippen LogP contribution in [-0.2, 0) is 16.1 Å². The van der Waals surface area contributed by atoms with Crippen LogP contribution in [-0.4, -0.2) is 40.3 Å². The number of carbonyl (C=O) groups is 3. The molecule has 2 aliphatic heterocycles. The molecule has 2 heterocycles. The second-order valence-electron chi connectivity index (χ2n) is 7.45. The molecule has 9 heteroatoms. The van der Waals surface area contributed by atoms with Gasteiger partial charge in [0.1, 0.15) is 0 Å². The lowest BCUT2D eigenvalue weighted by atomic mass is 9.76. The molecule has 2 atom stereocenters. The Labute approximate surface area is 170 Å². The summed E-state index contributed by atoms with van der Waals surface area (Å²) >= 11 is 0. The van der Waals surface area contributed by atoms with Crippen molar-refractivity contribution in [2.45, 2.75) is 32.2 Å². The third-order valence-corrected chi connectivity index (χ3v) is 5.56. The molecule has 2 aromatic carbocycles. The van der Waals surface area contributed by atoms with E-state index in [2.05, 4.69) is 0 Å². The molecule has 3 N–H and O–H groups in total. The molecule has 2 aromatic rings. The van der Waals surface area contributed by atoms with Crippen molar-refractivity contribution >= 4 is 17.9 Å². The first kappa shape index (κ1) is 19.7. The standard InChI is InChI=1S/C21H18O9/c1-8(23)10-5-9(7-22)13-18(15(10)24)29-21(3)14-11(19(27)20(13,2)30-21)6-12(28-4)16(25)17(14)26/h5-7,24-26H,1-4H3. The van der Waals surface area contributed by atoms with E-state index in [-0.39, 0.29) is 39.3 Å². The molecule has 2 bridgehead atoms. The van der Waals surface area contributed by atoms with Crippen molar-refractivity contribution < 1.29 is 43.9 Å². The summed E-state index contributed by atoms with van der Waals surface area (Å²) in [5.41, 5.74) is -2.29. The number of phenols is 3. The maximum Gasteiger partial charge on any atom is 0.240 e. The topological polar surface area (TPSA) is 140 Å². The molecule has 0 radical (unpaired) electrons. The van der Waals surface area contributed by atoms with Gasteiger partial charge in [-0.05, 0) is 26.0 Å². The lowest BCUT2D eigenvalue weighted by molar-refractivity contribution is -0.255. The van der Waals surface area contributed by atoms with E-state index < -0.39 is 40.2 Å². The van der Waals surface area contributed by atoms with E-state index >= 15 is 0 Å². The zero-order chi connectivity index (χ0) is 22.2. The highest BCUT2D eigenvalue weighted by Gasteiger charge is 2.60. The maximum absolute atomic E-state index is 13.5. The Hall–Kier alpha value is -3.59. The van der Waals surface area contributed by atoms with Crippen LogP contribution in [0.25, 0.3) is 0 Å². The Morgan fingerprint density at radius 2 is 1.77 bits per heavy atom. The lowest BCUT2D eigenvalue weighted by Crippen LogP contribution is -2.55. The number of methoxy groups -OCH3 is 1. The van der Waals surface area contributed by atoms with Crippen LogP contribution in [0.4, 0.5) is 0 Å². The monoisotopic (exact) mass is 414 g/mol. The number of carbonyl (C=O) groups excluding carboxylic acids is 3. The minimum absolute atomic E-state index is 0.0420. The van der Waals surface area contributed by atoms with E-state index in [4.69, 9.17) is 14.2 Å². The predicted molar refractivity (Wildman–Crippen MR) is 101 cm³/mol. The van der Waals surface area contributed by atoms with Crippen LogP contribution < -0.4 is 9.47 Å². The molecule has 4 rings (SSSR count). The first-order valence-corrected chi connectivity index (χ1v) is 8.94. The second kappa shape index (κ2) is 5.96. The number of aromatic hydroxyl groups is 3. The number of benzene rings is 2. The first-order valence-electron chi connectivity index (χ1n) is 8.94. The minimum Gasteiger partial charge on any atom is -0.504 e. The fourth-order valence-corrected chi connectivity index (χ4v) is 4.22. The molecular formula is C21H18O9. The Morgan fingerprint density at radius 1 is 1.10 bits per heavy atom. The Kier molecular flexibility index (Phi) is 3.92. The zero-order valence-electron chi connectivity index (χ0n) is 16.5. The Morgan fingerprint density at radius 3 is 2.33 bits per heavy atom. The highest BCUT2D eigenvalue weighted by atomic mass is 16.7. The van der Waals surface area contributed by atoms with Gasteiger partial charge in [-0.1, -0.05) is 0 Å². The highest BCUT2D eigenvalue weighted by Crippen LogP contribution is 2.59. The first-order chi connectivity index (χ1) is 14.0. The quantitative estimate of drug-likeness (QED) is 0.393. The second-order valence-corrected chi connectivity index (χ2v) is 7.45. The summed E-state index contributed by atoms with van der Waals surface area (Å²) < 4.78 is 16.8. The van der Waals surface area contributed by atoms with Gasteiger partial charge in [0, 0.05) is 23.6 Å². The maximum atomic E-state index is 13.5. The highest BCUT2D eigenvalue weighted by molar-refractivity contribution is 6.09. The molecule has 2 aliphatic rings. The number of ketones is 2. The van der Waals surface area contributed by atoms with Gasteiger partial charge in [0.25, 0.3) is 0 Å². The number of ether oxygens (including phenoxy) is 3. The fraction of sp³-hybridized carbons (Fsp3) is 0.286. The van der Waals surface area contributed by atoms with E-state index in [9.17, 15) is 29.7 Å². The number of aldehydes is 1. The molecular weight excluding hydrogens is 396 g/mol. The van der Waals surface area contributed by atoms with Gasteiger partial charge in [-0.25, -0.2) is 0 Å². The predicted octanol–water partition coefficient (Wildman–Crippen LogP) is 2.52. The van der Waals surface area contributed by atoms with Gasteiger partial charge in [0.05, 0.1) is 18.2 Å². The number of phenolic OH excluding ortho intramolecular Hbond substituents is 3. The van der Waals surface area contributed by atoms with Crippen molar-refractivity contribution in [1.29, 1.82) is 0 Å². The molecule has 2 unspecified atom stereocenters. The number of fused-ring (bicyclic) bond motifs is 6. The molecule has 0 saturated heterocycles. The van der Waals surface area contributed by atoms with E-state index in [0.29, 0.717) is 6.29 Å². The summed E-state index contributed by atoms with van der Waals surface area (Å²) in [6, 6.07) is 2.41. The molecule has 0 aliphatic carbocycles. The van der Waals surface area contributed by atoms with E-state index in [1.165, 1.54) is 40.0 Å². The van der Waals surface area contributed by atoms with Crippen molar-refractivity contribution in [3.8, 4) is 28.7 Å². The van der Waals surface area contributed by atoms with Crippen LogP contribution in [0.5, 0.6) is 28.7 Å². The summed E-state index contributed by atoms with van der Waals surface area (Å²) in [6.45, 7) is 3.98. The number of Topliss-reactive ketones (excluding diaryl/α,β-unsaturated/α-hetero) is 2. The van der Waals surface area contributed by atoms with Crippen molar-refractivity contribution in [3.63, 3.8) is 0 Å². The molecule has 0 amide bonds. The van der Waals surface area contributed by atoms with Crippen molar-refractivity contribution in [3.05, 3.63) is 39.9 Å². The molecule has 0 spiro atoms. The largest absolute Gasteiger partial charge is 0.504 e. The molecule has 9 nitrogen and oxygen atoms in total. The molecule has 30 heavy (non-hydrogen) atoms. The van der Waals surface area contributed by atoms with Crippen LogP contribution in [0.2, 0.25) is 0 Å². The van der Waals surface area contributed by atoms with Gasteiger partial charge in [0.15, 0.2) is 46.5 Å². The average molecular weight is 414 g/mol. The lowest BCUT2D eigenvalue weighted by Gasteiger charge is -2.49. The van der Waals surface area contributed by atoms with Crippen LogP contribution in [0, 0.1) is 0 Å². The van der Waals surface area contributed by atoms with E-state index in [1.54, 1.807) is 0 Å². The fourth-order valence-electron chi connectivity index (χ4n) is 4.22. The van der Waals surface area contributed by atoms with Crippen molar-refractivity contribution in [2.75, 3.05) is 7.11 Å². The van der Waals surface area contributed by atoms with Crippen molar-refractivity contribution in [2.24, 2.45) is 0 Å². The molecule has 0 fully saturated rings. The summed E-state index contributed by atoms with van der Waals surface area (Å²) in [5.74, 6) is -5.32. The smallest absolute Gasteiger partial charge is 0.240 e. The molecule has 156 valence electrons. The third kappa shape index (κ3) is 2.23. The summed E-state index contributed by atoms with van der Waals surface area (Å²) in [7, 11) is 1.26. The van der Waals surface area contributed by atoms with Gasteiger partial charge in [-0.15, -0.1) is 0 Å². The Balaban J connectivity index is 2.12. The van der Waals surface area contributed by atoms with Gasteiger partial charge in [-0.3, -0.25) is 14.4 Å². The van der Waals surface area contributed by atoms with Gasteiger partial charge in [-0.2, -0.15) is 0 Å². The van der Waals surface area contributed by atoms with Crippen molar-refractivity contribution in [1.82, 2.24) is 0 Å². The minimum atomic E-state index is -1.84. The SMILES string of the molecule is COc1cc2c(c(O)c1O)C1(C)Oc3c(O)c(C(C)=O)cc(C=O)c3C(C)(O1)C2=O. The number of hydrogen-bond acceptors (Lipinski definition) is 9. The summed E-state index contributed by atoms with van der Waals surface area (Å²) in [5, 5.41) is 31.5. The average Bonchev–Trinajstić information content (AvgIpc) is 2.68. The van der Waals surface area contributed by atoms with E-state index in [0.717, 1.165) is 0 Å². The van der Waals surface area contributed by atoms with Crippen LogP contribution >= 0.6 is 0 Å². The Bertz CT molecular complexity index is 1170. The zero-order valence-corrected chi connectivity index (χ0v) is 16.5. The van der Waals surface area contributed by atoms with Crippen LogP contribution in [0.3, 0.4) is 0 Å². The van der Waals surface area contributed by atoms with Gasteiger partial charge < -0.3 is 29.5 Å². The van der Waals surface area contributed by atoms with E-state index in [1.807, 2.05) is 0 Å². The normalized spacial score (nSPS) is 23.8. The molecule has 0 aromatic heterocycles. The van der Waals surface area contributed by atoms with Gasteiger partial charge >= 0.3 is 0 Å². The van der Waals surface area contributed by atoms with Crippen LogP contribution in [0.15, 0.2) is 12.1 Å². The number of hydrogen-bond donors (Lipinski definition) is 3. The van der Waals surface area contributed by atoms with Crippen LogP contribution in [0.1, 0.15) is 63.0 Å². The summed E-state index contributed by atoms with van der Waals surface area (Å²) in [4.78, 5) is 37.2. The number of rotatable bonds is 3. The van der Waals surface area contributed by atoms with Gasteiger partial charge in [0.2, 0.25) is 11.5 Å².